The van der Waals surface area contributed by atoms with Gasteiger partial charge in [0.2, 0.25) is 11.1 Å². The van der Waals surface area contributed by atoms with Crippen LogP contribution in [0.3, 0.4) is 0 Å². The third-order valence-electron chi connectivity index (χ3n) is 6.06. The Morgan fingerprint density at radius 3 is 2.60 bits per heavy atom. The molecule has 1 saturated heterocycles. The molecule has 40 heavy (non-hydrogen) atoms. The molecule has 2 unspecified atom stereocenters. The molecule has 1 N–H and O–H groups in total. The van der Waals surface area contributed by atoms with Crippen molar-refractivity contribution >= 4 is 47.3 Å². The van der Waals surface area contributed by atoms with Gasteiger partial charge in [0.1, 0.15) is 36.0 Å². The van der Waals surface area contributed by atoms with Gasteiger partial charge >= 0.3 is 11.9 Å². The molecule has 0 aliphatic carbocycles. The van der Waals surface area contributed by atoms with Crippen LogP contribution in [0.4, 0.5) is 0 Å². The number of hydrogen-bond donors (Lipinski definition) is 1. The normalized spacial score (nSPS) is 18.1. The zero-order valence-electron chi connectivity index (χ0n) is 21.6. The van der Waals surface area contributed by atoms with Crippen LogP contribution >= 0.6 is 23.5 Å². The molecule has 1 fully saturated rings. The van der Waals surface area contributed by atoms with E-state index < -0.39 is 23.4 Å². The standard InChI is InChI=1S/C25H25N7O6S2/c1-15(33)38-18-7-5-16(6-8-18)12-37-24(36)21-17(14-40-25-27-28-29-30(25)2)13-39-23-20(22(35)32(21)23)26-19(34)11-31-9-3-4-10-31/h3-10,20,23H,11-14H2,1-2H3,(H,26,34). The Morgan fingerprint density at radius 1 is 1.18 bits per heavy atom. The van der Waals surface area contributed by atoms with E-state index in [2.05, 4.69) is 20.8 Å². The lowest BCUT2D eigenvalue weighted by Crippen LogP contribution is -2.70. The van der Waals surface area contributed by atoms with Crippen molar-refractivity contribution in [2.24, 2.45) is 7.05 Å². The largest absolute Gasteiger partial charge is 0.456 e. The first kappa shape index (κ1) is 27.5. The molecule has 15 heteroatoms. The van der Waals surface area contributed by atoms with Gasteiger partial charge in [0.25, 0.3) is 5.91 Å². The number of esters is 2. The number of amides is 2. The summed E-state index contributed by atoms with van der Waals surface area (Å²) in [6.07, 6.45) is 3.53. The Bertz CT molecular complexity index is 1450. The molecule has 5 rings (SSSR count). The summed E-state index contributed by atoms with van der Waals surface area (Å²) < 4.78 is 13.9. The lowest BCUT2D eigenvalue weighted by Gasteiger charge is -2.49. The number of hydrogen-bond acceptors (Lipinski definition) is 11. The zero-order valence-corrected chi connectivity index (χ0v) is 23.2. The number of ether oxygens (including phenoxy) is 2. The number of aryl methyl sites for hydroxylation is 1. The summed E-state index contributed by atoms with van der Waals surface area (Å²) in [6.45, 7) is 1.35. The number of fused-ring (bicyclic) bond motifs is 1. The minimum absolute atomic E-state index is 0.0484. The van der Waals surface area contributed by atoms with E-state index in [0.29, 0.717) is 33.5 Å². The van der Waals surface area contributed by atoms with Crippen LogP contribution in [0.25, 0.3) is 0 Å². The fourth-order valence-corrected chi connectivity index (χ4v) is 6.51. The highest BCUT2D eigenvalue weighted by Crippen LogP contribution is 2.42. The molecule has 0 bridgehead atoms. The number of nitrogens with one attached hydrogen (secondary N) is 1. The average Bonchev–Trinajstić information content (AvgIpc) is 3.60. The van der Waals surface area contributed by atoms with Crippen molar-refractivity contribution < 1.29 is 28.7 Å². The first-order valence-corrected chi connectivity index (χ1v) is 14.2. The van der Waals surface area contributed by atoms with Gasteiger partial charge in [0.05, 0.1) is 0 Å². The molecule has 2 amide bonds. The fourth-order valence-electron chi connectivity index (χ4n) is 4.18. The van der Waals surface area contributed by atoms with Gasteiger partial charge in [-0.2, -0.15) is 0 Å². The molecule has 0 radical (unpaired) electrons. The van der Waals surface area contributed by atoms with E-state index in [1.807, 2.05) is 12.1 Å². The van der Waals surface area contributed by atoms with E-state index in [0.717, 1.165) is 0 Å². The van der Waals surface area contributed by atoms with Crippen molar-refractivity contribution in [1.82, 2.24) is 35.0 Å². The topological polar surface area (TPSA) is 151 Å². The van der Waals surface area contributed by atoms with Crippen LogP contribution in [0.1, 0.15) is 12.5 Å². The summed E-state index contributed by atoms with van der Waals surface area (Å²) in [5.41, 5.74) is 1.55. The van der Waals surface area contributed by atoms with Gasteiger partial charge in [0, 0.05) is 37.9 Å². The highest BCUT2D eigenvalue weighted by Gasteiger charge is 2.54. The molecule has 208 valence electrons. The number of nitrogens with zero attached hydrogens (tertiary/aromatic N) is 6. The van der Waals surface area contributed by atoms with Gasteiger partial charge in [-0.1, -0.05) is 23.9 Å². The predicted octanol–water partition coefficient (Wildman–Crippen LogP) is 1.13. The lowest BCUT2D eigenvalue weighted by molar-refractivity contribution is -0.153. The Balaban J connectivity index is 1.30. The maximum atomic E-state index is 13.4. The van der Waals surface area contributed by atoms with Crippen LogP contribution in [0.2, 0.25) is 0 Å². The molecule has 13 nitrogen and oxygen atoms in total. The maximum absolute atomic E-state index is 13.4. The van der Waals surface area contributed by atoms with E-state index in [1.54, 1.807) is 48.3 Å². The number of carbonyl (C=O) groups excluding carboxylic acids is 4. The second-order valence-corrected chi connectivity index (χ2v) is 11.0. The molecular weight excluding hydrogens is 558 g/mol. The van der Waals surface area contributed by atoms with Gasteiger partial charge in [-0.15, -0.1) is 16.9 Å². The quantitative estimate of drug-likeness (QED) is 0.158. The third kappa shape index (κ3) is 6.04. The SMILES string of the molecule is CC(=O)Oc1ccc(COC(=O)C2=C(CSc3nnnn3C)CSC3C(NC(=O)Cn4cccc4)C(=O)N23)cc1. The van der Waals surface area contributed by atoms with Gasteiger partial charge in [-0.25, -0.2) is 9.48 Å². The highest BCUT2D eigenvalue weighted by atomic mass is 32.2. The zero-order chi connectivity index (χ0) is 28.2. The van der Waals surface area contributed by atoms with Crippen LogP contribution in [0, 0.1) is 0 Å². The molecule has 2 aliphatic heterocycles. The fraction of sp³-hybridized carbons (Fsp3) is 0.320. The first-order valence-electron chi connectivity index (χ1n) is 12.2. The molecular formula is C25H25N7O6S2. The van der Waals surface area contributed by atoms with Gasteiger partial charge in [0.15, 0.2) is 0 Å². The number of carbonyl (C=O) groups is 4. The van der Waals surface area contributed by atoms with Crippen LogP contribution in [-0.2, 0) is 44.1 Å². The van der Waals surface area contributed by atoms with Gasteiger partial charge < -0.3 is 19.4 Å². The van der Waals surface area contributed by atoms with Crippen molar-refractivity contribution in [3.8, 4) is 5.75 Å². The van der Waals surface area contributed by atoms with E-state index in [1.165, 1.54) is 40.0 Å². The Kier molecular flexibility index (Phi) is 8.21. The molecule has 4 heterocycles. The molecule has 2 aliphatic rings. The molecule has 0 spiro atoms. The number of thioether (sulfide) groups is 2. The Hall–Kier alpha value is -4.11. The highest BCUT2D eigenvalue weighted by molar-refractivity contribution is 8.01. The summed E-state index contributed by atoms with van der Waals surface area (Å²) in [6, 6.07) is 9.46. The Labute approximate surface area is 237 Å². The Morgan fingerprint density at radius 2 is 1.93 bits per heavy atom. The van der Waals surface area contributed by atoms with Crippen molar-refractivity contribution in [1.29, 1.82) is 0 Å². The van der Waals surface area contributed by atoms with E-state index in [4.69, 9.17) is 9.47 Å². The van der Waals surface area contributed by atoms with Crippen molar-refractivity contribution in [2.75, 3.05) is 11.5 Å². The first-order chi connectivity index (χ1) is 19.3. The predicted molar refractivity (Wildman–Crippen MR) is 144 cm³/mol. The summed E-state index contributed by atoms with van der Waals surface area (Å²) >= 11 is 2.81. The number of benzene rings is 1. The third-order valence-corrected chi connectivity index (χ3v) is 8.50. The van der Waals surface area contributed by atoms with Crippen molar-refractivity contribution in [3.63, 3.8) is 0 Å². The molecule has 0 saturated carbocycles. The molecule has 2 atom stereocenters. The monoisotopic (exact) mass is 583 g/mol. The lowest BCUT2D eigenvalue weighted by atomic mass is 10.0. The summed E-state index contributed by atoms with van der Waals surface area (Å²) in [5, 5.41) is 14.3. The van der Waals surface area contributed by atoms with Crippen molar-refractivity contribution in [2.45, 2.75) is 36.6 Å². The van der Waals surface area contributed by atoms with E-state index >= 15 is 0 Å². The van der Waals surface area contributed by atoms with E-state index in [9.17, 15) is 19.2 Å². The minimum Gasteiger partial charge on any atom is -0.456 e. The van der Waals surface area contributed by atoms with Gasteiger partial charge in [-0.3, -0.25) is 19.3 Å². The van der Waals surface area contributed by atoms with Gasteiger partial charge in [-0.05, 0) is 45.8 Å². The second-order valence-electron chi connectivity index (χ2n) is 8.95. The number of rotatable bonds is 10. The average molecular weight is 584 g/mol. The summed E-state index contributed by atoms with van der Waals surface area (Å²) in [7, 11) is 1.71. The molecule has 1 aromatic carbocycles. The summed E-state index contributed by atoms with van der Waals surface area (Å²) in [5.74, 6) is -0.550. The number of tetrazole rings is 1. The molecule has 2 aromatic heterocycles. The smallest absolute Gasteiger partial charge is 0.355 e. The van der Waals surface area contributed by atoms with E-state index in [-0.39, 0.29) is 30.7 Å². The van der Waals surface area contributed by atoms with Crippen LogP contribution in [-0.4, -0.2) is 76.3 Å². The minimum atomic E-state index is -0.748. The van der Waals surface area contributed by atoms with Crippen LogP contribution in [0.5, 0.6) is 5.75 Å². The summed E-state index contributed by atoms with van der Waals surface area (Å²) in [4.78, 5) is 51.7. The number of aromatic nitrogens is 5. The van der Waals surface area contributed by atoms with Crippen LogP contribution < -0.4 is 10.1 Å². The van der Waals surface area contributed by atoms with Crippen molar-refractivity contribution in [3.05, 3.63) is 65.6 Å². The number of β-lactam (4-membered cyclic amide) rings is 1. The molecule has 3 aromatic rings. The second kappa shape index (κ2) is 12.0. The maximum Gasteiger partial charge on any atom is 0.355 e. The van der Waals surface area contributed by atoms with Crippen LogP contribution in [0.15, 0.2) is 65.2 Å².